The maximum atomic E-state index is 8.73. The highest BCUT2D eigenvalue weighted by Gasteiger charge is 2.07. The van der Waals surface area contributed by atoms with E-state index in [0.717, 1.165) is 12.3 Å². The first-order valence-electron chi connectivity index (χ1n) is 8.46. The Hall–Kier alpha value is -0.0400. The molecule has 0 saturated carbocycles. The summed E-state index contributed by atoms with van der Waals surface area (Å²) < 4.78 is 0. The lowest BCUT2D eigenvalue weighted by Gasteiger charge is -2.16. The molecule has 0 aromatic carbocycles. The Kier molecular flexibility index (Phi) is 15.0. The van der Waals surface area contributed by atoms with Crippen LogP contribution in [0.2, 0.25) is 0 Å². The average molecular weight is 256 g/mol. The monoisotopic (exact) mass is 256 g/mol. The standard InChI is InChI=1S/C17H36O/c1-3-5-10-14-17(13-6-4-2)15-11-8-7-9-12-16-18/h17-18H,3-16H2,1-2H3. The molecule has 0 amide bonds. The third-order valence-corrected chi connectivity index (χ3v) is 3.95. The smallest absolute Gasteiger partial charge is 0.0431 e. The van der Waals surface area contributed by atoms with E-state index >= 15 is 0 Å². The van der Waals surface area contributed by atoms with Crippen molar-refractivity contribution in [3.63, 3.8) is 0 Å². The van der Waals surface area contributed by atoms with Crippen molar-refractivity contribution in [1.82, 2.24) is 0 Å². The summed E-state index contributed by atoms with van der Waals surface area (Å²) in [6.45, 7) is 4.97. The zero-order chi connectivity index (χ0) is 13.5. The van der Waals surface area contributed by atoms with Gasteiger partial charge in [0.1, 0.15) is 0 Å². The van der Waals surface area contributed by atoms with Crippen LogP contribution in [0.5, 0.6) is 0 Å². The minimum atomic E-state index is 0.371. The van der Waals surface area contributed by atoms with E-state index in [4.69, 9.17) is 5.11 Å². The second-order valence-electron chi connectivity index (χ2n) is 5.78. The lowest BCUT2D eigenvalue weighted by Crippen LogP contribution is -2.01. The van der Waals surface area contributed by atoms with E-state index < -0.39 is 0 Å². The summed E-state index contributed by atoms with van der Waals surface area (Å²) in [5, 5.41) is 8.73. The van der Waals surface area contributed by atoms with Gasteiger partial charge in [-0.05, 0) is 12.3 Å². The minimum Gasteiger partial charge on any atom is -0.396 e. The summed E-state index contributed by atoms with van der Waals surface area (Å²) in [5.74, 6) is 0.995. The zero-order valence-corrected chi connectivity index (χ0v) is 12.9. The third kappa shape index (κ3) is 12.4. The molecule has 1 nitrogen and oxygen atoms in total. The van der Waals surface area contributed by atoms with E-state index in [1.54, 1.807) is 0 Å². The molecule has 1 unspecified atom stereocenters. The molecule has 0 saturated heterocycles. The highest BCUT2D eigenvalue weighted by atomic mass is 16.2. The van der Waals surface area contributed by atoms with Crippen LogP contribution in [0.4, 0.5) is 0 Å². The Bertz CT molecular complexity index is 145. The first-order chi connectivity index (χ1) is 8.85. The lowest BCUT2D eigenvalue weighted by atomic mass is 9.90. The summed E-state index contributed by atoms with van der Waals surface area (Å²) in [6.07, 6.45) is 17.6. The van der Waals surface area contributed by atoms with Crippen molar-refractivity contribution in [2.24, 2.45) is 5.92 Å². The molecule has 1 heteroatoms. The van der Waals surface area contributed by atoms with E-state index in [1.807, 2.05) is 0 Å². The molecular formula is C17H36O. The van der Waals surface area contributed by atoms with Crippen LogP contribution in [0.3, 0.4) is 0 Å². The van der Waals surface area contributed by atoms with Crippen molar-refractivity contribution < 1.29 is 5.11 Å². The minimum absolute atomic E-state index is 0.371. The Morgan fingerprint density at radius 2 is 1.11 bits per heavy atom. The summed E-state index contributed by atoms with van der Waals surface area (Å²) in [7, 11) is 0. The van der Waals surface area contributed by atoms with E-state index in [0.29, 0.717) is 6.61 Å². The SMILES string of the molecule is CCCCCC(CCCC)CCCCCCCO. The number of hydrogen-bond acceptors (Lipinski definition) is 1. The first-order valence-corrected chi connectivity index (χ1v) is 8.46. The second kappa shape index (κ2) is 15.0. The Labute approximate surface area is 115 Å². The van der Waals surface area contributed by atoms with Gasteiger partial charge in [-0.1, -0.05) is 90.9 Å². The fraction of sp³-hybridized carbons (Fsp3) is 1.00. The van der Waals surface area contributed by atoms with Gasteiger partial charge in [-0.2, -0.15) is 0 Å². The normalized spacial score (nSPS) is 12.8. The molecule has 0 aliphatic carbocycles. The second-order valence-corrected chi connectivity index (χ2v) is 5.78. The van der Waals surface area contributed by atoms with Crippen LogP contribution in [0.25, 0.3) is 0 Å². The highest BCUT2D eigenvalue weighted by molar-refractivity contribution is 4.61. The molecule has 0 heterocycles. The molecule has 0 aromatic heterocycles. The van der Waals surface area contributed by atoms with Crippen LogP contribution in [0.15, 0.2) is 0 Å². The maximum absolute atomic E-state index is 8.73. The van der Waals surface area contributed by atoms with Crippen LogP contribution >= 0.6 is 0 Å². The molecular weight excluding hydrogens is 220 g/mol. The van der Waals surface area contributed by atoms with Crippen LogP contribution in [-0.4, -0.2) is 11.7 Å². The van der Waals surface area contributed by atoms with Gasteiger partial charge in [-0.15, -0.1) is 0 Å². The number of aliphatic hydroxyl groups excluding tert-OH is 1. The van der Waals surface area contributed by atoms with Crippen molar-refractivity contribution in [2.45, 2.75) is 97.3 Å². The largest absolute Gasteiger partial charge is 0.396 e. The molecule has 0 aromatic rings. The summed E-state index contributed by atoms with van der Waals surface area (Å²) >= 11 is 0. The molecule has 0 bridgehead atoms. The van der Waals surface area contributed by atoms with Crippen molar-refractivity contribution in [2.75, 3.05) is 6.61 Å². The predicted molar refractivity (Wildman–Crippen MR) is 81.9 cm³/mol. The topological polar surface area (TPSA) is 20.2 Å². The fourth-order valence-corrected chi connectivity index (χ4v) is 2.68. The number of unbranched alkanes of at least 4 members (excludes halogenated alkanes) is 7. The summed E-state index contributed by atoms with van der Waals surface area (Å²) in [6, 6.07) is 0. The van der Waals surface area contributed by atoms with Gasteiger partial charge < -0.3 is 5.11 Å². The molecule has 1 atom stereocenters. The van der Waals surface area contributed by atoms with E-state index in [-0.39, 0.29) is 0 Å². The van der Waals surface area contributed by atoms with Crippen molar-refractivity contribution in [1.29, 1.82) is 0 Å². The van der Waals surface area contributed by atoms with Crippen LogP contribution in [0, 0.1) is 5.92 Å². The fourth-order valence-electron chi connectivity index (χ4n) is 2.68. The summed E-state index contributed by atoms with van der Waals surface area (Å²) in [5.41, 5.74) is 0. The van der Waals surface area contributed by atoms with Gasteiger partial charge in [0.05, 0.1) is 0 Å². The average Bonchev–Trinajstić information content (AvgIpc) is 2.39. The van der Waals surface area contributed by atoms with Crippen molar-refractivity contribution >= 4 is 0 Å². The van der Waals surface area contributed by atoms with Crippen LogP contribution in [0.1, 0.15) is 97.3 Å². The third-order valence-electron chi connectivity index (χ3n) is 3.95. The quantitative estimate of drug-likeness (QED) is 0.395. The molecule has 0 aliphatic heterocycles. The van der Waals surface area contributed by atoms with E-state index in [2.05, 4.69) is 13.8 Å². The highest BCUT2D eigenvalue weighted by Crippen LogP contribution is 2.23. The van der Waals surface area contributed by atoms with Gasteiger partial charge >= 0.3 is 0 Å². The van der Waals surface area contributed by atoms with Gasteiger partial charge in [0.15, 0.2) is 0 Å². The summed E-state index contributed by atoms with van der Waals surface area (Å²) in [4.78, 5) is 0. The van der Waals surface area contributed by atoms with E-state index in [9.17, 15) is 0 Å². The van der Waals surface area contributed by atoms with Crippen LogP contribution < -0.4 is 0 Å². The number of rotatable bonds is 14. The van der Waals surface area contributed by atoms with Crippen molar-refractivity contribution in [3.05, 3.63) is 0 Å². The molecule has 0 rings (SSSR count). The Morgan fingerprint density at radius 1 is 0.611 bits per heavy atom. The molecule has 0 radical (unpaired) electrons. The molecule has 0 aliphatic rings. The van der Waals surface area contributed by atoms with Gasteiger partial charge in [0.2, 0.25) is 0 Å². The van der Waals surface area contributed by atoms with Gasteiger partial charge in [0.25, 0.3) is 0 Å². The molecule has 18 heavy (non-hydrogen) atoms. The predicted octanol–water partition coefficient (Wildman–Crippen LogP) is 5.71. The van der Waals surface area contributed by atoms with Gasteiger partial charge in [0, 0.05) is 6.61 Å². The molecule has 1 N–H and O–H groups in total. The van der Waals surface area contributed by atoms with Gasteiger partial charge in [-0.3, -0.25) is 0 Å². The molecule has 0 spiro atoms. The van der Waals surface area contributed by atoms with Crippen molar-refractivity contribution in [3.8, 4) is 0 Å². The zero-order valence-electron chi connectivity index (χ0n) is 12.9. The first kappa shape index (κ1) is 18.0. The number of aliphatic hydroxyl groups is 1. The molecule has 110 valence electrons. The van der Waals surface area contributed by atoms with Gasteiger partial charge in [-0.25, -0.2) is 0 Å². The maximum Gasteiger partial charge on any atom is 0.0431 e. The Morgan fingerprint density at radius 3 is 1.72 bits per heavy atom. The molecule has 0 fully saturated rings. The number of hydrogen-bond donors (Lipinski definition) is 1. The van der Waals surface area contributed by atoms with E-state index in [1.165, 1.54) is 77.0 Å². The Balaban J connectivity index is 3.51. The lowest BCUT2D eigenvalue weighted by molar-refractivity contribution is 0.281. The van der Waals surface area contributed by atoms with Crippen LogP contribution in [-0.2, 0) is 0 Å².